The highest BCUT2D eigenvalue weighted by Crippen LogP contribution is 2.45. The molecule has 2 aliphatic heterocycles. The molecule has 6 heterocycles. The zero-order valence-corrected chi connectivity index (χ0v) is 18.1. The minimum absolute atomic E-state index is 0.0441. The Hall–Kier alpha value is -2.49. The number of hydrogen-bond acceptors (Lipinski definition) is 7. The average Bonchev–Trinajstić information content (AvgIpc) is 3.43. The molecule has 9 heteroatoms. The van der Waals surface area contributed by atoms with Gasteiger partial charge in [0, 0.05) is 37.3 Å². The molecule has 0 unspecified atom stereocenters. The molecule has 2 aliphatic rings. The molecular weight excluding hydrogens is 418 g/mol. The average molecular weight is 440 g/mol. The first-order valence-electron chi connectivity index (χ1n) is 10.1. The van der Waals surface area contributed by atoms with Crippen molar-refractivity contribution in [1.82, 2.24) is 24.1 Å². The molecule has 30 heavy (non-hydrogen) atoms. The molecule has 0 aromatic carbocycles. The maximum absolute atomic E-state index is 12.4. The molecule has 2 bridgehead atoms. The van der Waals surface area contributed by atoms with Gasteiger partial charge in [-0.3, -0.25) is 9.69 Å². The first-order chi connectivity index (χ1) is 14.6. The van der Waals surface area contributed by atoms with Gasteiger partial charge in [0.2, 0.25) is 10.8 Å². The van der Waals surface area contributed by atoms with Crippen LogP contribution in [0.5, 0.6) is 5.88 Å². The molecule has 1 saturated heterocycles. The van der Waals surface area contributed by atoms with E-state index in [0.29, 0.717) is 22.6 Å². The second-order valence-electron chi connectivity index (χ2n) is 8.25. The molecule has 0 saturated carbocycles. The van der Waals surface area contributed by atoms with Crippen LogP contribution < -0.4 is 5.56 Å². The number of thiazole rings is 1. The summed E-state index contributed by atoms with van der Waals surface area (Å²) >= 11 is 3.18. The molecule has 1 fully saturated rings. The van der Waals surface area contributed by atoms with E-state index in [4.69, 9.17) is 0 Å². The lowest BCUT2D eigenvalue weighted by Crippen LogP contribution is -2.48. The third-order valence-electron chi connectivity index (χ3n) is 6.29. The van der Waals surface area contributed by atoms with Crippen LogP contribution in [0.3, 0.4) is 0 Å². The minimum Gasteiger partial charge on any atom is -0.492 e. The highest BCUT2D eigenvalue weighted by Gasteiger charge is 2.39. The van der Waals surface area contributed by atoms with E-state index in [0.717, 1.165) is 36.6 Å². The van der Waals surface area contributed by atoms with Crippen molar-refractivity contribution in [1.29, 1.82) is 0 Å². The van der Waals surface area contributed by atoms with Crippen molar-refractivity contribution >= 4 is 27.6 Å². The van der Waals surface area contributed by atoms with Crippen LogP contribution in [0, 0.1) is 12.8 Å². The van der Waals surface area contributed by atoms with E-state index in [2.05, 4.69) is 37.9 Å². The zero-order chi connectivity index (χ0) is 20.4. The SMILES string of the molecule is Cc1nc2sc([C@H](c3ccsc3)N3C[C@@H]4C[C@@H](C3)c3cccc(=O)n3C4)c(O)n2n1. The Balaban J connectivity index is 1.43. The summed E-state index contributed by atoms with van der Waals surface area (Å²) in [7, 11) is 0. The summed E-state index contributed by atoms with van der Waals surface area (Å²) in [6.45, 7) is 4.34. The zero-order valence-electron chi connectivity index (χ0n) is 16.4. The Kier molecular flexibility index (Phi) is 4.12. The molecule has 0 aliphatic carbocycles. The van der Waals surface area contributed by atoms with Crippen LogP contribution in [-0.2, 0) is 6.54 Å². The van der Waals surface area contributed by atoms with Crippen LogP contribution in [-0.4, -0.2) is 42.3 Å². The van der Waals surface area contributed by atoms with Gasteiger partial charge in [-0.2, -0.15) is 15.9 Å². The topological polar surface area (TPSA) is 75.7 Å². The number of fused-ring (bicyclic) bond motifs is 5. The fourth-order valence-electron chi connectivity index (χ4n) is 5.13. The number of pyridine rings is 1. The fourth-order valence-corrected chi connectivity index (χ4v) is 6.97. The highest BCUT2D eigenvalue weighted by atomic mass is 32.1. The van der Waals surface area contributed by atoms with E-state index in [1.807, 2.05) is 17.6 Å². The molecule has 1 N–H and O–H groups in total. The number of piperidine rings is 1. The van der Waals surface area contributed by atoms with E-state index in [9.17, 15) is 9.90 Å². The van der Waals surface area contributed by atoms with E-state index >= 15 is 0 Å². The molecule has 6 rings (SSSR count). The van der Waals surface area contributed by atoms with Gasteiger partial charge < -0.3 is 9.67 Å². The first kappa shape index (κ1) is 18.3. The number of rotatable bonds is 3. The molecule has 3 atom stereocenters. The fraction of sp³-hybridized carbons (Fsp3) is 0.381. The van der Waals surface area contributed by atoms with Gasteiger partial charge in [-0.05, 0) is 47.7 Å². The summed E-state index contributed by atoms with van der Waals surface area (Å²) in [6.07, 6.45) is 1.11. The number of aromatic nitrogens is 4. The van der Waals surface area contributed by atoms with Gasteiger partial charge in [0.15, 0.2) is 0 Å². The molecule has 0 spiro atoms. The van der Waals surface area contributed by atoms with E-state index in [1.165, 1.54) is 16.9 Å². The second-order valence-corrected chi connectivity index (χ2v) is 10.0. The van der Waals surface area contributed by atoms with Gasteiger partial charge in [-0.1, -0.05) is 17.4 Å². The van der Waals surface area contributed by atoms with E-state index in [1.54, 1.807) is 21.9 Å². The lowest BCUT2D eigenvalue weighted by molar-refractivity contribution is 0.0953. The van der Waals surface area contributed by atoms with Crippen LogP contribution in [0.4, 0.5) is 0 Å². The van der Waals surface area contributed by atoms with Crippen molar-refractivity contribution in [2.45, 2.75) is 31.8 Å². The van der Waals surface area contributed by atoms with Gasteiger partial charge in [0.1, 0.15) is 5.82 Å². The highest BCUT2D eigenvalue weighted by molar-refractivity contribution is 7.17. The molecule has 7 nitrogen and oxygen atoms in total. The smallest absolute Gasteiger partial charge is 0.250 e. The van der Waals surface area contributed by atoms with Crippen molar-refractivity contribution < 1.29 is 5.11 Å². The van der Waals surface area contributed by atoms with Gasteiger partial charge in [0.05, 0.1) is 10.9 Å². The summed E-state index contributed by atoms with van der Waals surface area (Å²) in [5.41, 5.74) is 2.42. The number of hydrogen-bond donors (Lipinski definition) is 1. The van der Waals surface area contributed by atoms with Crippen LogP contribution in [0.15, 0.2) is 39.8 Å². The maximum atomic E-state index is 12.4. The number of nitrogens with zero attached hydrogens (tertiary/aromatic N) is 5. The number of aromatic hydroxyl groups is 1. The van der Waals surface area contributed by atoms with Gasteiger partial charge in [0.25, 0.3) is 5.56 Å². The van der Waals surface area contributed by atoms with Crippen molar-refractivity contribution in [3.8, 4) is 5.88 Å². The van der Waals surface area contributed by atoms with Crippen molar-refractivity contribution in [2.24, 2.45) is 5.92 Å². The number of likely N-dealkylation sites (tertiary alicyclic amines) is 1. The van der Waals surface area contributed by atoms with Crippen LogP contribution in [0.2, 0.25) is 0 Å². The summed E-state index contributed by atoms with van der Waals surface area (Å²) in [5.74, 6) is 1.58. The normalized spacial score (nSPS) is 22.3. The summed E-state index contributed by atoms with van der Waals surface area (Å²) in [5, 5.41) is 19.6. The predicted molar refractivity (Wildman–Crippen MR) is 117 cm³/mol. The summed E-state index contributed by atoms with van der Waals surface area (Å²) in [6, 6.07) is 7.72. The quantitative estimate of drug-likeness (QED) is 0.530. The Morgan fingerprint density at radius 3 is 2.93 bits per heavy atom. The lowest BCUT2D eigenvalue weighted by Gasteiger charge is -2.45. The predicted octanol–water partition coefficient (Wildman–Crippen LogP) is 3.24. The van der Waals surface area contributed by atoms with Crippen LogP contribution in [0.25, 0.3) is 4.96 Å². The molecular formula is C21H21N5O2S2. The monoisotopic (exact) mass is 439 g/mol. The summed E-state index contributed by atoms with van der Waals surface area (Å²) < 4.78 is 3.51. The van der Waals surface area contributed by atoms with E-state index < -0.39 is 0 Å². The van der Waals surface area contributed by atoms with Crippen molar-refractivity contribution in [2.75, 3.05) is 13.1 Å². The Morgan fingerprint density at radius 1 is 1.23 bits per heavy atom. The van der Waals surface area contributed by atoms with Gasteiger partial charge in [-0.15, -0.1) is 5.10 Å². The van der Waals surface area contributed by atoms with Crippen LogP contribution in [0.1, 0.15) is 40.3 Å². The maximum Gasteiger partial charge on any atom is 0.250 e. The van der Waals surface area contributed by atoms with Gasteiger partial charge in [-0.25, -0.2) is 4.98 Å². The molecule has 4 aromatic rings. The minimum atomic E-state index is -0.0441. The standard InChI is InChI=1S/C21H21N5O2S2/c1-12-22-21-26(23-12)20(28)19(30-21)18(14-5-6-29-11-14)24-8-13-7-15(10-24)16-3-2-4-17(27)25(16)9-13/h2-6,11,13,15,18,28H,7-10H2,1H3/t13-,15-,18-/m0/s1. The Morgan fingerprint density at radius 2 is 2.13 bits per heavy atom. The molecule has 0 radical (unpaired) electrons. The number of thiophene rings is 1. The first-order valence-corrected chi connectivity index (χ1v) is 11.9. The Labute approximate surface area is 180 Å². The number of aryl methyl sites for hydroxylation is 1. The molecule has 0 amide bonds. The lowest BCUT2D eigenvalue weighted by atomic mass is 9.82. The second kappa shape index (κ2) is 6.76. The summed E-state index contributed by atoms with van der Waals surface area (Å²) in [4.78, 5) is 20.9. The van der Waals surface area contributed by atoms with Crippen LogP contribution >= 0.6 is 22.7 Å². The van der Waals surface area contributed by atoms with Gasteiger partial charge >= 0.3 is 0 Å². The third-order valence-corrected chi connectivity index (χ3v) is 8.06. The van der Waals surface area contributed by atoms with Crippen molar-refractivity contribution in [3.63, 3.8) is 0 Å². The third kappa shape index (κ3) is 2.76. The van der Waals surface area contributed by atoms with E-state index in [-0.39, 0.29) is 17.5 Å². The van der Waals surface area contributed by atoms with Crippen molar-refractivity contribution in [3.05, 3.63) is 67.3 Å². The molecule has 4 aromatic heterocycles. The Bertz CT molecular complexity index is 1290. The largest absolute Gasteiger partial charge is 0.492 e. The molecule has 154 valence electrons.